The first-order chi connectivity index (χ1) is 26.5. The maximum Gasteiger partial charge on any atom is 0.279 e. The Labute approximate surface area is 319 Å². The van der Waals surface area contributed by atoms with Gasteiger partial charge in [0.25, 0.3) is 11.5 Å². The molecule has 1 spiro atoms. The van der Waals surface area contributed by atoms with Gasteiger partial charge in [-0.15, -0.1) is 5.10 Å². The van der Waals surface area contributed by atoms with Crippen LogP contribution in [0.5, 0.6) is 5.75 Å². The van der Waals surface area contributed by atoms with Gasteiger partial charge in [-0.25, -0.2) is 0 Å². The largest absolute Gasteiger partial charge is 0.497 e. The number of methoxy groups -OCH3 is 1. The molecule has 1 fully saturated rings. The Morgan fingerprint density at radius 3 is 2.45 bits per heavy atom. The second-order valence-corrected chi connectivity index (χ2v) is 19.1. The fourth-order valence-electron chi connectivity index (χ4n) is 8.71. The predicted molar refractivity (Wildman–Crippen MR) is 211 cm³/mol. The molecule has 0 radical (unpaired) electrons. The molecule has 4 heterocycles. The third-order valence-electron chi connectivity index (χ3n) is 11.3. The standard InChI is InChI=1S/C42H44N6O6Si/c1-27-39(55(3,4)52)38(20-21-46-25-36(44-45-46)34(26-49)29-10-6-5-7-11-29)54-42(27)35-22-32(53-2)18-19-37(35)47(41(42)51)24-28-14-16-31(17-15-28)48-40(50)33-13-9-8-12-30(33)23-43-48/h5-19,22-23,25,27,34,38-39,49,52H,20-21,24,26H2,1-4H3/t27-,34?,38+,39-,42+/m1/s1. The minimum atomic E-state index is -2.91. The molecule has 2 aliphatic rings. The van der Waals surface area contributed by atoms with Gasteiger partial charge in [-0.05, 0) is 67.0 Å². The number of hydrogen-bond donors (Lipinski definition) is 2. The third kappa shape index (κ3) is 6.36. The van der Waals surface area contributed by atoms with Crippen LogP contribution in [-0.4, -0.2) is 68.7 Å². The van der Waals surface area contributed by atoms with Gasteiger partial charge >= 0.3 is 0 Å². The Balaban J connectivity index is 1.08. The molecule has 282 valence electrons. The van der Waals surface area contributed by atoms with E-state index in [-0.39, 0.29) is 42.0 Å². The van der Waals surface area contributed by atoms with Crippen molar-refractivity contribution in [3.8, 4) is 11.4 Å². The SMILES string of the molecule is COc1ccc2c(c1)[C@]1(O[C@@H](CCn3cc(C(CO)c4ccccc4)nn3)[C@H]([Si](C)(C)O)[C@H]1C)C(=O)N2Cc1ccc(-n2ncc3ccccc3c2=O)cc1. The predicted octanol–water partition coefficient (Wildman–Crippen LogP) is 5.54. The highest BCUT2D eigenvalue weighted by molar-refractivity contribution is 6.71. The van der Waals surface area contributed by atoms with Crippen LogP contribution in [0.25, 0.3) is 16.5 Å². The summed E-state index contributed by atoms with van der Waals surface area (Å²) in [4.78, 5) is 41.8. The van der Waals surface area contributed by atoms with E-state index in [0.29, 0.717) is 35.5 Å². The van der Waals surface area contributed by atoms with Crippen LogP contribution in [0.3, 0.4) is 0 Å². The van der Waals surface area contributed by atoms with E-state index in [1.54, 1.807) is 29.0 Å². The summed E-state index contributed by atoms with van der Waals surface area (Å²) in [6.07, 6.45) is 3.56. The first kappa shape index (κ1) is 36.5. The normalized spacial score (nSPS) is 21.4. The number of rotatable bonds is 11. The Morgan fingerprint density at radius 2 is 1.73 bits per heavy atom. The summed E-state index contributed by atoms with van der Waals surface area (Å²) < 4.78 is 15.8. The number of benzene rings is 4. The highest BCUT2D eigenvalue weighted by Gasteiger charge is 2.66. The van der Waals surface area contributed by atoms with Gasteiger partial charge in [0.15, 0.2) is 13.9 Å². The van der Waals surface area contributed by atoms with E-state index in [0.717, 1.165) is 27.8 Å². The van der Waals surface area contributed by atoms with Crippen molar-refractivity contribution in [2.75, 3.05) is 18.6 Å². The third-order valence-corrected chi connectivity index (χ3v) is 13.9. The molecular weight excluding hydrogens is 713 g/mol. The van der Waals surface area contributed by atoms with Crippen LogP contribution in [-0.2, 0) is 28.2 Å². The van der Waals surface area contributed by atoms with Crippen molar-refractivity contribution in [2.45, 2.75) is 62.7 Å². The maximum atomic E-state index is 15.0. The fraction of sp³-hybridized carbons (Fsp3) is 0.310. The van der Waals surface area contributed by atoms with Crippen LogP contribution in [0, 0.1) is 5.92 Å². The lowest BCUT2D eigenvalue weighted by atomic mass is 9.82. The number of aliphatic hydroxyl groups excluding tert-OH is 1. The summed E-state index contributed by atoms with van der Waals surface area (Å²) in [6, 6.07) is 30.2. The summed E-state index contributed by atoms with van der Waals surface area (Å²) >= 11 is 0. The van der Waals surface area contributed by atoms with Crippen molar-refractivity contribution in [2.24, 2.45) is 5.92 Å². The molecule has 5 atom stereocenters. The van der Waals surface area contributed by atoms with Crippen molar-refractivity contribution in [1.29, 1.82) is 0 Å². The number of nitrogens with zero attached hydrogens (tertiary/aromatic N) is 6. The van der Waals surface area contributed by atoms with Gasteiger partial charge in [0.05, 0.1) is 60.9 Å². The van der Waals surface area contributed by atoms with Gasteiger partial charge < -0.3 is 24.3 Å². The van der Waals surface area contributed by atoms with Gasteiger partial charge in [-0.1, -0.05) is 72.8 Å². The second-order valence-electron chi connectivity index (χ2n) is 15.1. The average molecular weight is 757 g/mol. The molecular formula is C42H44N6O6Si. The molecule has 2 aromatic heterocycles. The molecule has 2 aliphatic heterocycles. The number of anilines is 1. The Kier molecular flexibility index (Phi) is 9.50. The average Bonchev–Trinajstić information content (AvgIpc) is 3.85. The van der Waals surface area contributed by atoms with Crippen LogP contribution in [0.2, 0.25) is 18.6 Å². The summed E-state index contributed by atoms with van der Waals surface area (Å²) in [7, 11) is -1.32. The molecule has 0 bridgehead atoms. The monoisotopic (exact) mass is 756 g/mol. The zero-order chi connectivity index (χ0) is 38.5. The second kappa shape index (κ2) is 14.3. The fourth-order valence-corrected chi connectivity index (χ4v) is 11.3. The topological polar surface area (TPSA) is 145 Å². The number of fused-ring (bicyclic) bond motifs is 3. The van der Waals surface area contributed by atoms with E-state index in [4.69, 9.17) is 9.47 Å². The number of aromatic nitrogens is 5. The molecule has 13 heteroatoms. The minimum Gasteiger partial charge on any atom is -0.497 e. The van der Waals surface area contributed by atoms with E-state index in [9.17, 15) is 19.5 Å². The lowest BCUT2D eigenvalue weighted by molar-refractivity contribution is -0.146. The van der Waals surface area contributed by atoms with Crippen molar-refractivity contribution < 1.29 is 24.2 Å². The number of aryl methyl sites for hydroxylation is 1. The van der Waals surface area contributed by atoms with E-state index in [2.05, 4.69) is 15.4 Å². The molecule has 1 amide bonds. The van der Waals surface area contributed by atoms with E-state index in [1.165, 1.54) is 4.68 Å². The number of aliphatic hydroxyl groups is 1. The van der Waals surface area contributed by atoms with Crippen molar-refractivity contribution in [3.63, 3.8) is 0 Å². The lowest BCUT2D eigenvalue weighted by Crippen LogP contribution is -2.46. The molecule has 2 N–H and O–H groups in total. The summed E-state index contributed by atoms with van der Waals surface area (Å²) in [5, 5.41) is 24.7. The van der Waals surface area contributed by atoms with Gasteiger partial charge in [0, 0.05) is 35.2 Å². The first-order valence-corrected chi connectivity index (χ1v) is 21.6. The Bertz CT molecular complexity index is 2410. The number of ether oxygens (including phenoxy) is 2. The smallest absolute Gasteiger partial charge is 0.279 e. The Hall–Kier alpha value is -5.47. The van der Waals surface area contributed by atoms with Crippen molar-refractivity contribution in [3.05, 3.63) is 142 Å². The quantitative estimate of drug-likeness (QED) is 0.163. The molecule has 1 unspecified atom stereocenters. The maximum absolute atomic E-state index is 15.0. The number of carbonyl (C=O) groups is 1. The lowest BCUT2D eigenvalue weighted by Gasteiger charge is -2.32. The molecule has 0 aliphatic carbocycles. The first-order valence-electron chi connectivity index (χ1n) is 18.6. The zero-order valence-electron chi connectivity index (χ0n) is 31.2. The van der Waals surface area contributed by atoms with Crippen LogP contribution in [0.15, 0.2) is 114 Å². The van der Waals surface area contributed by atoms with Crippen LogP contribution >= 0.6 is 0 Å². The van der Waals surface area contributed by atoms with Crippen LogP contribution in [0.1, 0.15) is 41.6 Å². The molecule has 4 aromatic carbocycles. The minimum absolute atomic E-state index is 0.103. The van der Waals surface area contributed by atoms with E-state index in [1.807, 2.05) is 117 Å². The highest BCUT2D eigenvalue weighted by Crippen LogP contribution is 2.60. The molecule has 8 rings (SSSR count). The van der Waals surface area contributed by atoms with Crippen molar-refractivity contribution >= 4 is 30.7 Å². The summed E-state index contributed by atoms with van der Waals surface area (Å²) in [5.41, 5.74) is 2.70. The number of amides is 1. The van der Waals surface area contributed by atoms with E-state index >= 15 is 0 Å². The van der Waals surface area contributed by atoms with Gasteiger partial charge in [0.2, 0.25) is 0 Å². The van der Waals surface area contributed by atoms with Gasteiger partial charge in [0.1, 0.15) is 5.75 Å². The zero-order valence-corrected chi connectivity index (χ0v) is 32.2. The number of hydrogen-bond acceptors (Lipinski definition) is 9. The van der Waals surface area contributed by atoms with Gasteiger partial charge in [-0.3, -0.25) is 14.3 Å². The summed E-state index contributed by atoms with van der Waals surface area (Å²) in [5.74, 6) is -0.250. The van der Waals surface area contributed by atoms with Gasteiger partial charge in [-0.2, -0.15) is 9.78 Å². The molecule has 0 saturated carbocycles. The molecule has 12 nitrogen and oxygen atoms in total. The molecule has 1 saturated heterocycles. The summed E-state index contributed by atoms with van der Waals surface area (Å²) in [6.45, 7) is 6.43. The van der Waals surface area contributed by atoms with Crippen LogP contribution < -0.4 is 15.2 Å². The van der Waals surface area contributed by atoms with Crippen molar-refractivity contribution in [1.82, 2.24) is 24.8 Å². The number of carbonyl (C=O) groups excluding carboxylic acids is 1. The molecule has 6 aromatic rings. The van der Waals surface area contributed by atoms with E-state index < -0.39 is 20.0 Å². The highest BCUT2D eigenvalue weighted by atomic mass is 28.4. The molecule has 55 heavy (non-hydrogen) atoms. The van der Waals surface area contributed by atoms with Crippen LogP contribution in [0.4, 0.5) is 5.69 Å². The Morgan fingerprint density at radius 1 is 0.982 bits per heavy atom.